The van der Waals surface area contributed by atoms with E-state index in [9.17, 15) is 14.7 Å². The van der Waals surface area contributed by atoms with Gasteiger partial charge in [-0.25, -0.2) is 0 Å². The number of carbonyl (C=O) groups excluding carboxylic acids is 2. The summed E-state index contributed by atoms with van der Waals surface area (Å²) >= 11 is 1.47. The highest BCUT2D eigenvalue weighted by atomic mass is 32.1. The summed E-state index contributed by atoms with van der Waals surface area (Å²) in [6, 6.07) is 3.74. The number of thiophene rings is 1. The van der Waals surface area contributed by atoms with Gasteiger partial charge in [0.15, 0.2) is 0 Å². The van der Waals surface area contributed by atoms with Gasteiger partial charge in [-0.2, -0.15) is 0 Å². The Morgan fingerprint density at radius 1 is 1.33 bits per heavy atom. The summed E-state index contributed by atoms with van der Waals surface area (Å²) in [5.74, 6) is -1.23. The highest BCUT2D eigenvalue weighted by Crippen LogP contribution is 2.46. The summed E-state index contributed by atoms with van der Waals surface area (Å²) in [7, 11) is 0. The number of nitrogens with one attached hydrogen (secondary N) is 2. The summed E-state index contributed by atoms with van der Waals surface area (Å²) < 4.78 is 0. The van der Waals surface area contributed by atoms with E-state index in [2.05, 4.69) is 10.6 Å². The van der Waals surface area contributed by atoms with Crippen molar-refractivity contribution in [3.8, 4) is 0 Å². The average molecular weight is 310 g/mol. The Morgan fingerprint density at radius 2 is 2.00 bits per heavy atom. The van der Waals surface area contributed by atoms with E-state index in [1.807, 2.05) is 38.3 Å². The summed E-state index contributed by atoms with van der Waals surface area (Å²) in [4.78, 5) is 24.4. The van der Waals surface area contributed by atoms with Gasteiger partial charge in [-0.15, -0.1) is 11.3 Å². The molecule has 0 radical (unpaired) electrons. The lowest BCUT2D eigenvalue weighted by Crippen LogP contribution is -2.51. The third kappa shape index (κ3) is 4.04. The first-order chi connectivity index (χ1) is 9.72. The maximum atomic E-state index is 11.8. The van der Waals surface area contributed by atoms with Crippen LogP contribution in [0.1, 0.15) is 38.5 Å². The molecule has 21 heavy (non-hydrogen) atoms. The fourth-order valence-corrected chi connectivity index (χ4v) is 3.11. The van der Waals surface area contributed by atoms with Crippen molar-refractivity contribution < 1.29 is 14.7 Å². The van der Waals surface area contributed by atoms with Crippen LogP contribution in [0.15, 0.2) is 17.5 Å². The Bertz CT molecular complexity index is 518. The van der Waals surface area contributed by atoms with E-state index in [1.165, 1.54) is 11.3 Å². The van der Waals surface area contributed by atoms with Gasteiger partial charge in [-0.05, 0) is 51.0 Å². The molecule has 1 aromatic heterocycles. The molecule has 1 atom stereocenters. The van der Waals surface area contributed by atoms with Crippen LogP contribution in [0.5, 0.6) is 0 Å². The van der Waals surface area contributed by atoms with Gasteiger partial charge in [-0.1, -0.05) is 6.07 Å². The van der Waals surface area contributed by atoms with Gasteiger partial charge in [0.25, 0.3) is 0 Å². The minimum atomic E-state index is -1.06. The maximum Gasteiger partial charge on any atom is 0.309 e. The molecule has 0 bridgehead atoms. The minimum absolute atomic E-state index is 0.0641. The van der Waals surface area contributed by atoms with Gasteiger partial charge >= 0.3 is 11.8 Å². The Hall–Kier alpha value is -1.40. The largest absolute Gasteiger partial charge is 0.382 e. The lowest BCUT2D eigenvalue weighted by atomic mass is 9.95. The smallest absolute Gasteiger partial charge is 0.309 e. The second-order valence-corrected chi connectivity index (χ2v) is 7.51. The van der Waals surface area contributed by atoms with Crippen molar-refractivity contribution in [1.82, 2.24) is 10.6 Å². The Labute approximate surface area is 128 Å². The van der Waals surface area contributed by atoms with Crippen LogP contribution in [0.3, 0.4) is 0 Å². The first kappa shape index (κ1) is 16.0. The van der Waals surface area contributed by atoms with E-state index in [-0.39, 0.29) is 12.5 Å². The number of aliphatic hydroxyl groups is 1. The maximum absolute atomic E-state index is 11.8. The molecule has 0 saturated heterocycles. The molecule has 1 fully saturated rings. The summed E-state index contributed by atoms with van der Waals surface area (Å²) in [5.41, 5.74) is -1.53. The molecule has 1 heterocycles. The van der Waals surface area contributed by atoms with Gasteiger partial charge in [0.2, 0.25) is 0 Å². The average Bonchev–Trinajstić information content (AvgIpc) is 3.09. The zero-order valence-electron chi connectivity index (χ0n) is 12.6. The first-order valence-corrected chi connectivity index (χ1v) is 7.97. The molecule has 1 aromatic rings. The molecule has 5 nitrogen and oxygen atoms in total. The van der Waals surface area contributed by atoms with E-state index in [1.54, 1.807) is 0 Å². The Morgan fingerprint density at radius 3 is 2.48 bits per heavy atom. The van der Waals surface area contributed by atoms with Crippen LogP contribution in [0.2, 0.25) is 0 Å². The van der Waals surface area contributed by atoms with Crippen molar-refractivity contribution in [2.75, 3.05) is 6.54 Å². The molecule has 1 unspecified atom stereocenters. The van der Waals surface area contributed by atoms with Crippen LogP contribution in [0.4, 0.5) is 0 Å². The topological polar surface area (TPSA) is 78.4 Å². The number of carbonyl (C=O) groups is 2. The lowest BCUT2D eigenvalue weighted by Gasteiger charge is -2.27. The van der Waals surface area contributed by atoms with Crippen molar-refractivity contribution in [3.05, 3.63) is 22.4 Å². The SMILES string of the molecule is CC(C)(C)NC(=O)C(=O)NCC(O)(c1cccs1)C1CC1. The predicted octanol–water partition coefficient (Wildman–Crippen LogP) is 1.38. The predicted molar refractivity (Wildman–Crippen MR) is 81.8 cm³/mol. The van der Waals surface area contributed by atoms with Gasteiger partial charge in [-0.3, -0.25) is 9.59 Å². The van der Waals surface area contributed by atoms with E-state index in [0.717, 1.165) is 17.7 Å². The molecule has 1 aliphatic carbocycles. The molecule has 1 aliphatic rings. The molecule has 0 aromatic carbocycles. The van der Waals surface area contributed by atoms with Crippen molar-refractivity contribution in [1.29, 1.82) is 0 Å². The molecule has 0 spiro atoms. The van der Waals surface area contributed by atoms with Gasteiger partial charge in [0, 0.05) is 10.4 Å². The molecule has 116 valence electrons. The Kier molecular flexibility index (Phi) is 4.39. The lowest BCUT2D eigenvalue weighted by molar-refractivity contribution is -0.140. The van der Waals surface area contributed by atoms with E-state index in [4.69, 9.17) is 0 Å². The van der Waals surface area contributed by atoms with Crippen LogP contribution in [0.25, 0.3) is 0 Å². The summed E-state index contributed by atoms with van der Waals surface area (Å²) in [6.07, 6.45) is 1.89. The fraction of sp³-hybridized carbons (Fsp3) is 0.600. The molecule has 2 amide bonds. The fourth-order valence-electron chi connectivity index (χ4n) is 2.21. The van der Waals surface area contributed by atoms with Crippen molar-refractivity contribution in [3.63, 3.8) is 0 Å². The number of hydrogen-bond donors (Lipinski definition) is 3. The van der Waals surface area contributed by atoms with Crippen LogP contribution >= 0.6 is 11.3 Å². The van der Waals surface area contributed by atoms with Crippen LogP contribution < -0.4 is 10.6 Å². The standard InChI is InChI=1S/C15H22N2O3S/c1-14(2,3)17-13(19)12(18)16-9-15(20,10-6-7-10)11-5-4-8-21-11/h4-5,8,10,20H,6-7,9H2,1-3H3,(H,16,18)(H,17,19). The minimum Gasteiger partial charge on any atom is -0.382 e. The monoisotopic (exact) mass is 310 g/mol. The molecule has 0 aliphatic heterocycles. The van der Waals surface area contributed by atoms with Crippen molar-refractivity contribution in [2.45, 2.75) is 44.8 Å². The molecule has 6 heteroatoms. The van der Waals surface area contributed by atoms with Crippen LogP contribution in [0, 0.1) is 5.92 Å². The molecule has 3 N–H and O–H groups in total. The zero-order chi connectivity index (χ0) is 15.7. The van der Waals surface area contributed by atoms with Crippen molar-refractivity contribution in [2.24, 2.45) is 5.92 Å². The first-order valence-electron chi connectivity index (χ1n) is 7.09. The second-order valence-electron chi connectivity index (χ2n) is 6.56. The third-order valence-corrected chi connectivity index (χ3v) is 4.45. The number of hydrogen-bond acceptors (Lipinski definition) is 4. The number of amides is 2. The molecular formula is C15H22N2O3S. The highest BCUT2D eigenvalue weighted by molar-refractivity contribution is 7.10. The molecular weight excluding hydrogens is 288 g/mol. The highest BCUT2D eigenvalue weighted by Gasteiger charge is 2.46. The normalized spacial score (nSPS) is 17.9. The van der Waals surface area contributed by atoms with Gasteiger partial charge in [0.05, 0.1) is 6.54 Å². The van der Waals surface area contributed by atoms with Crippen LogP contribution in [-0.4, -0.2) is 29.0 Å². The van der Waals surface area contributed by atoms with E-state index in [0.29, 0.717) is 0 Å². The molecule has 1 saturated carbocycles. The quantitative estimate of drug-likeness (QED) is 0.735. The van der Waals surface area contributed by atoms with Gasteiger partial charge in [0.1, 0.15) is 5.60 Å². The van der Waals surface area contributed by atoms with Crippen LogP contribution in [-0.2, 0) is 15.2 Å². The van der Waals surface area contributed by atoms with E-state index >= 15 is 0 Å². The second kappa shape index (κ2) is 5.77. The van der Waals surface area contributed by atoms with Gasteiger partial charge < -0.3 is 15.7 Å². The Balaban J connectivity index is 1.97. The summed E-state index contributed by atoms with van der Waals surface area (Å²) in [5, 5.41) is 17.9. The summed E-state index contributed by atoms with van der Waals surface area (Å²) in [6.45, 7) is 5.49. The zero-order valence-corrected chi connectivity index (χ0v) is 13.4. The third-order valence-electron chi connectivity index (χ3n) is 3.41. The van der Waals surface area contributed by atoms with Crippen molar-refractivity contribution >= 4 is 23.2 Å². The molecule has 2 rings (SSSR count). The van der Waals surface area contributed by atoms with E-state index < -0.39 is 23.0 Å². The number of rotatable bonds is 4.